The summed E-state index contributed by atoms with van der Waals surface area (Å²) in [5, 5.41) is 2.98. The minimum Gasteiger partial charge on any atom is -0.352 e. The molecule has 0 aliphatic carbocycles. The van der Waals surface area contributed by atoms with Crippen molar-refractivity contribution in [1.82, 2.24) is 15.1 Å². The van der Waals surface area contributed by atoms with E-state index in [1.165, 1.54) is 5.56 Å². The fourth-order valence-electron chi connectivity index (χ4n) is 3.36. The first-order valence-corrected chi connectivity index (χ1v) is 11.1. The average molecular weight is 412 g/mol. The summed E-state index contributed by atoms with van der Waals surface area (Å²) >= 11 is 1.65. The van der Waals surface area contributed by atoms with Crippen LogP contribution in [0, 0.1) is 0 Å². The molecule has 29 heavy (non-hydrogen) atoms. The van der Waals surface area contributed by atoms with E-state index < -0.39 is 0 Å². The third-order valence-electron chi connectivity index (χ3n) is 4.98. The molecule has 5 nitrogen and oxygen atoms in total. The average Bonchev–Trinajstić information content (AvgIpc) is 3.10. The van der Waals surface area contributed by atoms with Crippen LogP contribution < -0.4 is 5.32 Å². The van der Waals surface area contributed by atoms with Gasteiger partial charge in [-0.05, 0) is 56.7 Å². The molecule has 3 rings (SSSR count). The summed E-state index contributed by atoms with van der Waals surface area (Å²) < 4.78 is 0. The van der Waals surface area contributed by atoms with E-state index >= 15 is 0 Å². The summed E-state index contributed by atoms with van der Waals surface area (Å²) in [7, 11) is 4.05. The number of hydrogen-bond acceptors (Lipinski definition) is 4. The minimum atomic E-state index is -0.0496. The lowest BCUT2D eigenvalue weighted by Gasteiger charge is -2.24. The molecule has 1 N–H and O–H groups in total. The molecule has 1 fully saturated rings. The summed E-state index contributed by atoms with van der Waals surface area (Å²) in [5.74, 6) is 0.637. The van der Waals surface area contributed by atoms with Crippen LogP contribution >= 0.6 is 11.8 Å². The maximum Gasteiger partial charge on any atom is 0.251 e. The summed E-state index contributed by atoms with van der Waals surface area (Å²) in [5.41, 5.74) is 2.96. The normalized spacial score (nSPS) is 16.4. The van der Waals surface area contributed by atoms with Crippen LogP contribution in [0.15, 0.2) is 54.6 Å². The second-order valence-electron chi connectivity index (χ2n) is 7.52. The van der Waals surface area contributed by atoms with Crippen molar-refractivity contribution in [2.24, 2.45) is 0 Å². The first-order valence-electron chi connectivity index (χ1n) is 10.0. The van der Waals surface area contributed by atoms with E-state index in [1.807, 2.05) is 61.5 Å². The predicted octanol–water partition coefficient (Wildman–Crippen LogP) is 3.18. The molecule has 1 saturated heterocycles. The third-order valence-corrected chi connectivity index (χ3v) is 6.23. The van der Waals surface area contributed by atoms with Gasteiger partial charge in [0, 0.05) is 18.7 Å². The van der Waals surface area contributed by atoms with Gasteiger partial charge in [-0.1, -0.05) is 42.5 Å². The summed E-state index contributed by atoms with van der Waals surface area (Å²) in [6, 6.07) is 17.9. The molecule has 6 heteroatoms. The van der Waals surface area contributed by atoms with Crippen LogP contribution in [0.2, 0.25) is 0 Å². The number of benzene rings is 2. The number of thioether (sulfide) groups is 1. The molecular weight excluding hydrogens is 382 g/mol. The smallest absolute Gasteiger partial charge is 0.251 e. The molecule has 0 aromatic heterocycles. The van der Waals surface area contributed by atoms with Crippen molar-refractivity contribution in [1.29, 1.82) is 0 Å². The van der Waals surface area contributed by atoms with E-state index in [4.69, 9.17) is 0 Å². The minimum absolute atomic E-state index is 0.0171. The molecule has 2 aromatic carbocycles. The van der Waals surface area contributed by atoms with Crippen LogP contribution in [0.4, 0.5) is 0 Å². The summed E-state index contributed by atoms with van der Waals surface area (Å²) in [4.78, 5) is 28.7. The van der Waals surface area contributed by atoms with Gasteiger partial charge < -0.3 is 15.1 Å². The number of nitrogens with one attached hydrogen (secondary N) is 1. The Morgan fingerprint density at radius 3 is 2.55 bits per heavy atom. The largest absolute Gasteiger partial charge is 0.352 e. The van der Waals surface area contributed by atoms with E-state index in [1.54, 1.807) is 11.8 Å². The van der Waals surface area contributed by atoms with Crippen molar-refractivity contribution in [3.8, 4) is 0 Å². The number of nitrogens with zero attached hydrogens (tertiary/aromatic N) is 2. The molecule has 2 amide bonds. The quantitative estimate of drug-likeness (QED) is 0.644. The second kappa shape index (κ2) is 10.5. The number of hydrogen-bond donors (Lipinski definition) is 1. The van der Waals surface area contributed by atoms with Crippen molar-refractivity contribution >= 4 is 23.6 Å². The number of carbonyl (C=O) groups excluding carboxylic acids is 2. The zero-order valence-corrected chi connectivity index (χ0v) is 18.0. The van der Waals surface area contributed by atoms with Gasteiger partial charge in [0.25, 0.3) is 5.91 Å². The lowest BCUT2D eigenvalue weighted by Crippen LogP contribution is -2.30. The van der Waals surface area contributed by atoms with Gasteiger partial charge >= 0.3 is 0 Å². The lowest BCUT2D eigenvalue weighted by atomic mass is 10.1. The zero-order chi connectivity index (χ0) is 20.6. The molecule has 1 atom stereocenters. The Kier molecular flexibility index (Phi) is 7.72. The monoisotopic (exact) mass is 411 g/mol. The van der Waals surface area contributed by atoms with E-state index in [0.717, 1.165) is 24.9 Å². The Labute approximate surface area is 177 Å². The highest BCUT2D eigenvalue weighted by Crippen LogP contribution is 2.38. The number of rotatable bonds is 9. The fourth-order valence-corrected chi connectivity index (χ4v) is 4.58. The van der Waals surface area contributed by atoms with Crippen LogP contribution in [0.25, 0.3) is 0 Å². The fraction of sp³-hybridized carbons (Fsp3) is 0.391. The maximum absolute atomic E-state index is 12.4. The molecule has 0 saturated carbocycles. The van der Waals surface area contributed by atoms with Crippen molar-refractivity contribution < 1.29 is 9.59 Å². The van der Waals surface area contributed by atoms with Crippen LogP contribution in [0.1, 0.15) is 33.3 Å². The maximum atomic E-state index is 12.4. The lowest BCUT2D eigenvalue weighted by molar-refractivity contribution is -0.128. The molecule has 2 aromatic rings. The molecule has 154 valence electrons. The van der Waals surface area contributed by atoms with Crippen molar-refractivity contribution in [2.75, 3.05) is 39.5 Å². The first kappa shape index (κ1) is 21.4. The number of amides is 2. The molecular formula is C23H29N3O2S. The van der Waals surface area contributed by atoms with Crippen LogP contribution in [0.5, 0.6) is 0 Å². The van der Waals surface area contributed by atoms with Crippen molar-refractivity contribution in [2.45, 2.75) is 18.2 Å². The van der Waals surface area contributed by atoms with E-state index in [-0.39, 0.29) is 17.2 Å². The first-order chi connectivity index (χ1) is 14.0. The highest BCUT2D eigenvalue weighted by Gasteiger charge is 2.32. The van der Waals surface area contributed by atoms with Crippen molar-refractivity contribution in [3.05, 3.63) is 71.3 Å². The Morgan fingerprint density at radius 1 is 1.14 bits per heavy atom. The van der Waals surface area contributed by atoms with Gasteiger partial charge in [0.1, 0.15) is 5.37 Å². The molecule has 0 bridgehead atoms. The predicted molar refractivity (Wildman–Crippen MR) is 119 cm³/mol. The Hall–Kier alpha value is -2.31. The summed E-state index contributed by atoms with van der Waals surface area (Å²) in [6.07, 6.45) is 1.77. The van der Waals surface area contributed by atoms with Gasteiger partial charge in [0.05, 0.1) is 5.75 Å². The van der Waals surface area contributed by atoms with Gasteiger partial charge in [-0.3, -0.25) is 9.59 Å². The van der Waals surface area contributed by atoms with Gasteiger partial charge in [-0.2, -0.15) is 0 Å². The van der Waals surface area contributed by atoms with Crippen LogP contribution in [-0.2, 0) is 11.2 Å². The van der Waals surface area contributed by atoms with Crippen LogP contribution in [0.3, 0.4) is 0 Å². The molecule has 1 heterocycles. The second-order valence-corrected chi connectivity index (χ2v) is 8.59. The third kappa shape index (κ3) is 6.08. The number of carbonyl (C=O) groups is 2. The van der Waals surface area contributed by atoms with Crippen LogP contribution in [-0.4, -0.2) is 61.1 Å². The molecule has 0 unspecified atom stereocenters. The van der Waals surface area contributed by atoms with Gasteiger partial charge in [0.2, 0.25) is 5.91 Å². The van der Waals surface area contributed by atoms with E-state index in [0.29, 0.717) is 24.4 Å². The topological polar surface area (TPSA) is 52.7 Å². The zero-order valence-electron chi connectivity index (χ0n) is 17.1. The molecule has 0 radical (unpaired) electrons. The SMILES string of the molecule is CN(C)CCCNC(=O)c1ccc([C@@H]2SCC(=O)N2CCc2ccccc2)cc1. The molecule has 0 spiro atoms. The van der Waals surface area contributed by atoms with E-state index in [9.17, 15) is 9.59 Å². The Balaban J connectivity index is 1.57. The van der Waals surface area contributed by atoms with Crippen molar-refractivity contribution in [3.63, 3.8) is 0 Å². The highest BCUT2D eigenvalue weighted by molar-refractivity contribution is 8.00. The molecule has 1 aliphatic heterocycles. The van der Waals surface area contributed by atoms with Gasteiger partial charge in [-0.25, -0.2) is 0 Å². The highest BCUT2D eigenvalue weighted by atomic mass is 32.2. The molecule has 1 aliphatic rings. The Morgan fingerprint density at radius 2 is 1.86 bits per heavy atom. The summed E-state index contributed by atoms with van der Waals surface area (Å²) in [6.45, 7) is 2.32. The van der Waals surface area contributed by atoms with Gasteiger partial charge in [-0.15, -0.1) is 11.8 Å². The Bertz CT molecular complexity index is 809. The van der Waals surface area contributed by atoms with Gasteiger partial charge in [0.15, 0.2) is 0 Å². The van der Waals surface area contributed by atoms with E-state index in [2.05, 4.69) is 22.3 Å². The standard InChI is InChI=1S/C23H29N3O2S/c1-25(2)15-6-14-24-22(28)19-9-11-20(12-10-19)23-26(21(27)17-29-23)16-13-18-7-4-3-5-8-18/h3-5,7-12,23H,6,13-17H2,1-2H3,(H,24,28)/t23-/m0/s1.